The number of hydrogen-bond donors (Lipinski definition) is 1. The van der Waals surface area contributed by atoms with E-state index in [4.69, 9.17) is 0 Å². The van der Waals surface area contributed by atoms with Crippen molar-refractivity contribution in [2.45, 2.75) is 29.6 Å². The van der Waals surface area contributed by atoms with Crippen molar-refractivity contribution in [3.8, 4) is 0 Å². The number of fused-ring (bicyclic) bond motifs is 5. The molecule has 7 heteroatoms. The molecule has 1 saturated heterocycles. The van der Waals surface area contributed by atoms with E-state index in [-0.39, 0.29) is 4.90 Å². The van der Waals surface area contributed by atoms with E-state index in [9.17, 15) is 9.90 Å². The lowest BCUT2D eigenvalue weighted by molar-refractivity contribution is -0.125. The fraction of sp³-hybridized carbons (Fsp3) is 0.200. The first-order valence-corrected chi connectivity index (χ1v) is 15.4. The van der Waals surface area contributed by atoms with Crippen molar-refractivity contribution < 1.29 is 23.1 Å². The molecule has 0 radical (unpaired) electrons. The Kier molecular flexibility index (Phi) is 5.59. The monoisotopic (exact) mass is 575 g/mol. The lowest BCUT2D eigenvalue weighted by Gasteiger charge is -2.45. The lowest BCUT2D eigenvalue weighted by Crippen LogP contribution is -2.61. The van der Waals surface area contributed by atoms with Crippen LogP contribution in [0, 0.1) is 16.7 Å². The number of para-hydroxylation sites is 1. The lowest BCUT2D eigenvalue weighted by atomic mass is 9.62. The molecule has 0 spiro atoms. The van der Waals surface area contributed by atoms with Crippen LogP contribution in [0.3, 0.4) is 0 Å². The summed E-state index contributed by atoms with van der Waals surface area (Å²) in [6.07, 6.45) is -1.36. The Morgan fingerprint density at radius 2 is 1.12 bits per heavy atom. The van der Waals surface area contributed by atoms with Crippen molar-refractivity contribution in [2.24, 2.45) is 16.7 Å². The summed E-state index contributed by atoms with van der Waals surface area (Å²) in [5.74, 6) is -2.85. The summed E-state index contributed by atoms with van der Waals surface area (Å²) in [7, 11) is -4.57. The number of hydrogen-bond acceptors (Lipinski definition) is 5. The Hall–Kier alpha value is -4.33. The Bertz CT molecular complexity index is 1880. The molecular weight excluding hydrogens is 546 g/mol. The topological polar surface area (TPSA) is 91.8 Å². The molecule has 2 amide bonds. The van der Waals surface area contributed by atoms with E-state index >= 15 is 13.2 Å². The Labute approximate surface area is 244 Å². The number of imide groups is 1. The van der Waals surface area contributed by atoms with Gasteiger partial charge in [0.2, 0.25) is 5.91 Å². The highest BCUT2D eigenvalue weighted by Crippen LogP contribution is 2.79. The quantitative estimate of drug-likeness (QED) is 0.322. The molecule has 2 fully saturated rings. The molecule has 4 unspecified atom stereocenters. The van der Waals surface area contributed by atoms with Crippen molar-refractivity contribution in [1.29, 1.82) is 0 Å². The number of aliphatic hydroxyl groups excluding tert-OH is 1. The SMILES string of the molecule is CC12C(c3ccccc3)=C(c3ccccc3)[C@@](C)(C1O)C1C(=O)N(c3ccccc3)C(=O)C12S(=O)(=O)c1ccccc1. The smallest absolute Gasteiger partial charge is 0.257 e. The highest BCUT2D eigenvalue weighted by atomic mass is 32.2. The minimum Gasteiger partial charge on any atom is -0.391 e. The van der Waals surface area contributed by atoms with Crippen LogP contribution in [0.2, 0.25) is 0 Å². The van der Waals surface area contributed by atoms with E-state index in [0.29, 0.717) is 22.4 Å². The van der Waals surface area contributed by atoms with Gasteiger partial charge in [-0.15, -0.1) is 0 Å². The third-order valence-corrected chi connectivity index (χ3v) is 12.4. The van der Waals surface area contributed by atoms with Gasteiger partial charge in [0, 0.05) is 5.41 Å². The predicted molar refractivity (Wildman–Crippen MR) is 161 cm³/mol. The van der Waals surface area contributed by atoms with Crippen LogP contribution in [-0.4, -0.2) is 36.2 Å². The van der Waals surface area contributed by atoms with Crippen LogP contribution in [0.15, 0.2) is 126 Å². The summed E-state index contributed by atoms with van der Waals surface area (Å²) in [6.45, 7) is 3.41. The number of anilines is 1. The number of carbonyl (C=O) groups excluding carboxylic acids is 2. The van der Waals surface area contributed by atoms with Crippen LogP contribution in [0.5, 0.6) is 0 Å². The number of aliphatic hydroxyl groups is 1. The molecule has 210 valence electrons. The number of carbonyl (C=O) groups is 2. The van der Waals surface area contributed by atoms with Gasteiger partial charge in [-0.05, 0) is 46.5 Å². The number of rotatable bonds is 5. The molecular formula is C35H29NO5S. The average Bonchev–Trinajstić information content (AvgIpc) is 3.45. The molecule has 5 atom stereocenters. The van der Waals surface area contributed by atoms with Crippen LogP contribution < -0.4 is 4.90 Å². The number of nitrogens with zero attached hydrogens (tertiary/aromatic N) is 1. The molecule has 4 aromatic rings. The van der Waals surface area contributed by atoms with Gasteiger partial charge in [0.15, 0.2) is 14.6 Å². The summed E-state index contributed by atoms with van der Waals surface area (Å²) < 4.78 is 28.0. The van der Waals surface area contributed by atoms with Gasteiger partial charge in [-0.25, -0.2) is 13.3 Å². The van der Waals surface area contributed by atoms with Crippen LogP contribution in [0.25, 0.3) is 11.1 Å². The van der Waals surface area contributed by atoms with E-state index < -0.39 is 49.3 Å². The van der Waals surface area contributed by atoms with Gasteiger partial charge >= 0.3 is 0 Å². The molecule has 3 aliphatic rings. The first kappa shape index (κ1) is 26.6. The van der Waals surface area contributed by atoms with Crippen LogP contribution in [0.1, 0.15) is 25.0 Å². The average molecular weight is 576 g/mol. The Balaban J connectivity index is 1.65. The normalized spacial score (nSPS) is 30.2. The first-order chi connectivity index (χ1) is 20.1. The Morgan fingerprint density at radius 1 is 0.667 bits per heavy atom. The minimum atomic E-state index is -4.57. The predicted octanol–water partition coefficient (Wildman–Crippen LogP) is 5.40. The van der Waals surface area contributed by atoms with Gasteiger partial charge in [0.25, 0.3) is 5.91 Å². The molecule has 1 heterocycles. The molecule has 2 bridgehead atoms. The van der Waals surface area contributed by atoms with Crippen molar-refractivity contribution in [3.63, 3.8) is 0 Å². The zero-order valence-electron chi connectivity index (χ0n) is 23.1. The zero-order valence-corrected chi connectivity index (χ0v) is 24.0. The van der Waals surface area contributed by atoms with Gasteiger partial charge in [-0.2, -0.15) is 0 Å². The summed E-state index contributed by atoms with van der Waals surface area (Å²) >= 11 is 0. The van der Waals surface area contributed by atoms with Gasteiger partial charge in [-0.3, -0.25) is 9.59 Å². The molecule has 1 aliphatic heterocycles. The van der Waals surface area contributed by atoms with Gasteiger partial charge < -0.3 is 5.11 Å². The molecule has 6 nitrogen and oxygen atoms in total. The second kappa shape index (κ2) is 8.84. The zero-order chi connectivity index (χ0) is 29.5. The molecule has 4 aromatic carbocycles. The van der Waals surface area contributed by atoms with Crippen LogP contribution in [-0.2, 0) is 19.4 Å². The molecule has 1 saturated carbocycles. The summed E-state index contributed by atoms with van der Waals surface area (Å²) in [6, 6.07) is 35.0. The Morgan fingerprint density at radius 3 is 1.64 bits per heavy atom. The molecule has 42 heavy (non-hydrogen) atoms. The second-order valence-electron chi connectivity index (χ2n) is 11.7. The van der Waals surface area contributed by atoms with Crippen molar-refractivity contribution >= 4 is 38.5 Å². The summed E-state index contributed by atoms with van der Waals surface area (Å²) in [5, 5.41) is 12.5. The maximum Gasteiger partial charge on any atom is 0.257 e. The standard InChI is InChI=1S/C35H29NO5S/c1-33-27(23-15-7-3-8-16-23)28(24-17-9-4-10-18-24)34(2,31(33)38)35(42(40,41)26-21-13-6-14-22-26)29(33)30(37)36(32(35)39)25-19-11-5-12-20-25/h3-22,29,31,38H,1-2H3/t29?,31?,33-,34?,35?/m1/s1. The second-order valence-corrected chi connectivity index (χ2v) is 13.8. The largest absolute Gasteiger partial charge is 0.391 e. The number of benzene rings is 4. The fourth-order valence-electron chi connectivity index (χ4n) is 8.25. The minimum absolute atomic E-state index is 0.0655. The maximum absolute atomic E-state index is 15.1. The molecule has 2 aliphatic carbocycles. The highest BCUT2D eigenvalue weighted by molar-refractivity contribution is 7.94. The molecule has 7 rings (SSSR count). The maximum atomic E-state index is 15.1. The third-order valence-electron chi connectivity index (χ3n) is 9.81. The highest BCUT2D eigenvalue weighted by Gasteiger charge is 2.90. The summed E-state index contributed by atoms with van der Waals surface area (Å²) in [4.78, 5) is 30.7. The van der Waals surface area contributed by atoms with Gasteiger partial charge in [0.1, 0.15) is 0 Å². The molecule has 1 N–H and O–H groups in total. The van der Waals surface area contributed by atoms with E-state index in [1.165, 1.54) is 12.1 Å². The van der Waals surface area contributed by atoms with E-state index in [2.05, 4.69) is 0 Å². The first-order valence-electron chi connectivity index (χ1n) is 13.9. The number of amides is 2. The van der Waals surface area contributed by atoms with Crippen LogP contribution in [0.4, 0.5) is 5.69 Å². The van der Waals surface area contributed by atoms with Crippen molar-refractivity contribution in [2.75, 3.05) is 4.90 Å². The van der Waals surface area contributed by atoms with Crippen molar-refractivity contribution in [3.05, 3.63) is 132 Å². The van der Waals surface area contributed by atoms with Crippen molar-refractivity contribution in [1.82, 2.24) is 0 Å². The summed E-state index contributed by atoms with van der Waals surface area (Å²) in [5.41, 5.74) is -0.0936. The van der Waals surface area contributed by atoms with Gasteiger partial charge in [-0.1, -0.05) is 111 Å². The fourth-order valence-corrected chi connectivity index (χ4v) is 10.9. The molecule has 0 aromatic heterocycles. The third kappa shape index (κ3) is 2.90. The van der Waals surface area contributed by atoms with E-state index in [0.717, 1.165) is 10.5 Å². The van der Waals surface area contributed by atoms with E-state index in [1.54, 1.807) is 62.4 Å². The number of sulfone groups is 1. The van der Waals surface area contributed by atoms with E-state index in [1.807, 2.05) is 60.7 Å². The van der Waals surface area contributed by atoms with Crippen LogP contribution >= 0.6 is 0 Å². The van der Waals surface area contributed by atoms with Gasteiger partial charge in [0.05, 0.1) is 28.0 Å².